The molecule has 0 spiro atoms. The molecule has 0 aliphatic carbocycles. The first-order valence-electron chi connectivity index (χ1n) is 4.13. The third-order valence-electron chi connectivity index (χ3n) is 1.43. The van der Waals surface area contributed by atoms with Crippen LogP contribution >= 0.6 is 11.8 Å². The van der Waals surface area contributed by atoms with E-state index in [0.29, 0.717) is 6.42 Å². The SMILES string of the molecule is CNCCC(=O)NC(C)CSC. The monoisotopic (exact) mass is 190 g/mol. The van der Waals surface area contributed by atoms with E-state index in [0.717, 1.165) is 12.3 Å². The molecule has 0 saturated heterocycles. The Hall–Kier alpha value is -0.220. The minimum atomic E-state index is 0.130. The van der Waals surface area contributed by atoms with Gasteiger partial charge in [0.25, 0.3) is 0 Å². The van der Waals surface area contributed by atoms with E-state index >= 15 is 0 Å². The zero-order valence-corrected chi connectivity index (χ0v) is 8.83. The molecule has 0 bridgehead atoms. The van der Waals surface area contributed by atoms with Crippen LogP contribution in [0.25, 0.3) is 0 Å². The van der Waals surface area contributed by atoms with Gasteiger partial charge in [-0.05, 0) is 20.2 Å². The van der Waals surface area contributed by atoms with Gasteiger partial charge in [0.1, 0.15) is 0 Å². The van der Waals surface area contributed by atoms with E-state index in [4.69, 9.17) is 0 Å². The Morgan fingerprint density at radius 1 is 1.58 bits per heavy atom. The van der Waals surface area contributed by atoms with Crippen LogP contribution in [0.2, 0.25) is 0 Å². The second kappa shape index (κ2) is 7.43. The molecule has 12 heavy (non-hydrogen) atoms. The number of nitrogens with one attached hydrogen (secondary N) is 2. The number of rotatable bonds is 6. The van der Waals surface area contributed by atoms with Crippen molar-refractivity contribution in [2.24, 2.45) is 0 Å². The first kappa shape index (κ1) is 11.8. The lowest BCUT2D eigenvalue weighted by Crippen LogP contribution is -2.35. The standard InChI is InChI=1S/C8H18N2OS/c1-7(6-12-3)10-8(11)4-5-9-2/h7,9H,4-6H2,1-3H3,(H,10,11). The summed E-state index contributed by atoms with van der Waals surface area (Å²) in [4.78, 5) is 11.1. The van der Waals surface area contributed by atoms with Crippen molar-refractivity contribution in [2.75, 3.05) is 25.6 Å². The van der Waals surface area contributed by atoms with E-state index in [-0.39, 0.29) is 11.9 Å². The Balaban J connectivity index is 3.40. The van der Waals surface area contributed by atoms with Crippen LogP contribution in [0.3, 0.4) is 0 Å². The van der Waals surface area contributed by atoms with Crippen molar-refractivity contribution in [3.63, 3.8) is 0 Å². The fraction of sp³-hybridized carbons (Fsp3) is 0.875. The first-order valence-corrected chi connectivity index (χ1v) is 5.53. The maximum Gasteiger partial charge on any atom is 0.221 e. The maximum absolute atomic E-state index is 11.1. The molecule has 0 aliphatic rings. The molecule has 1 atom stereocenters. The molecule has 0 aromatic rings. The highest BCUT2D eigenvalue weighted by atomic mass is 32.2. The highest BCUT2D eigenvalue weighted by Gasteiger charge is 2.04. The summed E-state index contributed by atoms with van der Waals surface area (Å²) in [5.41, 5.74) is 0. The van der Waals surface area contributed by atoms with Crippen LogP contribution in [0.1, 0.15) is 13.3 Å². The van der Waals surface area contributed by atoms with Gasteiger partial charge >= 0.3 is 0 Å². The predicted molar refractivity (Wildman–Crippen MR) is 54.5 cm³/mol. The molecule has 0 saturated carbocycles. The summed E-state index contributed by atoms with van der Waals surface area (Å²) >= 11 is 1.75. The van der Waals surface area contributed by atoms with Crippen LogP contribution in [-0.2, 0) is 4.79 Å². The van der Waals surface area contributed by atoms with Gasteiger partial charge in [0.05, 0.1) is 0 Å². The maximum atomic E-state index is 11.1. The number of hydrogen-bond donors (Lipinski definition) is 2. The minimum absolute atomic E-state index is 0.130. The van der Waals surface area contributed by atoms with Gasteiger partial charge in [0, 0.05) is 24.8 Å². The summed E-state index contributed by atoms with van der Waals surface area (Å²) < 4.78 is 0. The van der Waals surface area contributed by atoms with Crippen LogP contribution in [0.5, 0.6) is 0 Å². The summed E-state index contributed by atoms with van der Waals surface area (Å²) in [5, 5.41) is 5.85. The van der Waals surface area contributed by atoms with Gasteiger partial charge in [-0.3, -0.25) is 4.79 Å². The van der Waals surface area contributed by atoms with Crippen molar-refractivity contribution < 1.29 is 4.79 Å². The molecule has 0 fully saturated rings. The summed E-state index contributed by atoms with van der Waals surface area (Å²) in [5.74, 6) is 1.11. The normalized spacial score (nSPS) is 12.6. The van der Waals surface area contributed by atoms with E-state index in [9.17, 15) is 4.79 Å². The Bertz CT molecular complexity index is 130. The smallest absolute Gasteiger partial charge is 0.221 e. The highest BCUT2D eigenvalue weighted by molar-refractivity contribution is 7.98. The lowest BCUT2D eigenvalue weighted by molar-refractivity contribution is -0.121. The lowest BCUT2D eigenvalue weighted by Gasteiger charge is -2.11. The van der Waals surface area contributed by atoms with Crippen LogP contribution in [-0.4, -0.2) is 37.6 Å². The highest BCUT2D eigenvalue weighted by Crippen LogP contribution is 1.95. The average molecular weight is 190 g/mol. The quantitative estimate of drug-likeness (QED) is 0.639. The molecule has 1 unspecified atom stereocenters. The summed E-state index contributed by atoms with van der Waals surface area (Å²) in [6, 6.07) is 0.282. The molecule has 0 aromatic heterocycles. The van der Waals surface area contributed by atoms with Crippen molar-refractivity contribution >= 4 is 17.7 Å². The van der Waals surface area contributed by atoms with Gasteiger partial charge in [-0.15, -0.1) is 0 Å². The molecular weight excluding hydrogens is 172 g/mol. The van der Waals surface area contributed by atoms with Crippen molar-refractivity contribution in [3.8, 4) is 0 Å². The van der Waals surface area contributed by atoms with Crippen LogP contribution < -0.4 is 10.6 Å². The minimum Gasteiger partial charge on any atom is -0.353 e. The van der Waals surface area contributed by atoms with Gasteiger partial charge in [-0.1, -0.05) is 0 Å². The van der Waals surface area contributed by atoms with Crippen molar-refractivity contribution in [1.82, 2.24) is 10.6 Å². The van der Waals surface area contributed by atoms with Gasteiger partial charge in [-0.2, -0.15) is 11.8 Å². The van der Waals surface area contributed by atoms with E-state index in [1.54, 1.807) is 11.8 Å². The molecule has 0 heterocycles. The number of carbonyl (C=O) groups is 1. The molecule has 0 aliphatic heterocycles. The van der Waals surface area contributed by atoms with Crippen molar-refractivity contribution in [2.45, 2.75) is 19.4 Å². The lowest BCUT2D eigenvalue weighted by atomic mass is 10.3. The van der Waals surface area contributed by atoms with E-state index in [1.165, 1.54) is 0 Å². The largest absolute Gasteiger partial charge is 0.353 e. The van der Waals surface area contributed by atoms with Crippen molar-refractivity contribution in [1.29, 1.82) is 0 Å². The Kier molecular flexibility index (Phi) is 7.29. The summed E-state index contributed by atoms with van der Waals surface area (Å²) in [7, 11) is 1.85. The van der Waals surface area contributed by atoms with Crippen molar-refractivity contribution in [3.05, 3.63) is 0 Å². The topological polar surface area (TPSA) is 41.1 Å². The molecule has 0 radical (unpaired) electrons. The third kappa shape index (κ3) is 6.49. The molecule has 4 heteroatoms. The zero-order chi connectivity index (χ0) is 9.40. The molecule has 3 nitrogen and oxygen atoms in total. The summed E-state index contributed by atoms with van der Waals surface area (Å²) in [6.45, 7) is 2.77. The molecule has 1 amide bonds. The van der Waals surface area contributed by atoms with Crippen LogP contribution in [0.15, 0.2) is 0 Å². The fourth-order valence-corrected chi connectivity index (χ4v) is 1.46. The molecule has 0 aromatic carbocycles. The fourth-order valence-electron chi connectivity index (χ4n) is 0.877. The van der Waals surface area contributed by atoms with Crippen LogP contribution in [0, 0.1) is 0 Å². The number of carbonyl (C=O) groups excluding carboxylic acids is 1. The van der Waals surface area contributed by atoms with Crippen LogP contribution in [0.4, 0.5) is 0 Å². The van der Waals surface area contributed by atoms with Gasteiger partial charge < -0.3 is 10.6 Å². The van der Waals surface area contributed by atoms with Gasteiger partial charge in [0.15, 0.2) is 0 Å². The summed E-state index contributed by atoms with van der Waals surface area (Å²) in [6.07, 6.45) is 2.60. The predicted octanol–water partition coefficient (Wildman–Crippen LogP) is 0.464. The Labute approximate surface area is 78.7 Å². The number of thioether (sulfide) groups is 1. The van der Waals surface area contributed by atoms with E-state index < -0.39 is 0 Å². The number of hydrogen-bond acceptors (Lipinski definition) is 3. The van der Waals surface area contributed by atoms with Gasteiger partial charge in [0.2, 0.25) is 5.91 Å². The average Bonchev–Trinajstić information content (AvgIpc) is 2.01. The molecular formula is C8H18N2OS. The third-order valence-corrected chi connectivity index (χ3v) is 2.26. The molecule has 2 N–H and O–H groups in total. The second-order valence-corrected chi connectivity index (χ2v) is 3.69. The Morgan fingerprint density at radius 2 is 2.25 bits per heavy atom. The number of amides is 1. The Morgan fingerprint density at radius 3 is 2.75 bits per heavy atom. The first-order chi connectivity index (χ1) is 5.70. The van der Waals surface area contributed by atoms with E-state index in [2.05, 4.69) is 10.6 Å². The second-order valence-electron chi connectivity index (χ2n) is 2.78. The van der Waals surface area contributed by atoms with E-state index in [1.807, 2.05) is 20.2 Å². The molecule has 72 valence electrons. The van der Waals surface area contributed by atoms with Gasteiger partial charge in [-0.25, -0.2) is 0 Å². The molecule has 0 rings (SSSR count). The zero-order valence-electron chi connectivity index (χ0n) is 8.02.